The van der Waals surface area contributed by atoms with Crippen molar-refractivity contribution in [1.29, 1.82) is 0 Å². The quantitative estimate of drug-likeness (QED) is 0.829. The van der Waals surface area contributed by atoms with E-state index in [2.05, 4.69) is 26.1 Å². The molecule has 0 bridgehead atoms. The first-order valence-electron chi connectivity index (χ1n) is 7.06. The molecule has 0 aliphatic carbocycles. The number of alkyl halides is 3. The molecule has 1 fully saturated rings. The van der Waals surface area contributed by atoms with Gasteiger partial charge in [0.1, 0.15) is 0 Å². The Morgan fingerprint density at radius 3 is 2.30 bits per heavy atom. The van der Waals surface area contributed by atoms with Gasteiger partial charge < -0.3 is 5.32 Å². The van der Waals surface area contributed by atoms with Crippen LogP contribution in [0.1, 0.15) is 51.2 Å². The number of halogens is 3. The molecule has 4 heteroatoms. The molecule has 112 valence electrons. The van der Waals surface area contributed by atoms with E-state index in [0.717, 1.165) is 19.4 Å². The first kappa shape index (κ1) is 15.4. The molecular weight excluding hydrogens is 263 g/mol. The zero-order valence-electron chi connectivity index (χ0n) is 12.3. The lowest BCUT2D eigenvalue weighted by Gasteiger charge is -2.38. The molecule has 1 nitrogen and oxygen atoms in total. The van der Waals surface area contributed by atoms with E-state index in [1.54, 1.807) is 12.1 Å². The molecule has 1 saturated heterocycles. The highest BCUT2D eigenvalue weighted by Crippen LogP contribution is 2.45. The standard InChI is InChI=1S/C16H22F3N/c1-14(2,3)11-15(9-6-10-20-15)12-7-4-5-8-13(12)16(17,18)19/h4-5,7-8,20H,6,9-11H2,1-3H3. The van der Waals surface area contributed by atoms with E-state index < -0.39 is 17.3 Å². The Morgan fingerprint density at radius 2 is 1.80 bits per heavy atom. The highest BCUT2D eigenvalue weighted by Gasteiger charge is 2.44. The van der Waals surface area contributed by atoms with E-state index in [4.69, 9.17) is 0 Å². The molecule has 1 unspecified atom stereocenters. The second-order valence-corrected chi connectivity index (χ2v) is 6.89. The zero-order chi connectivity index (χ0) is 15.0. The predicted octanol–water partition coefficient (Wildman–Crippen LogP) is 4.72. The Hall–Kier alpha value is -1.03. The van der Waals surface area contributed by atoms with E-state index in [-0.39, 0.29) is 5.41 Å². The molecule has 1 heterocycles. The molecule has 1 N–H and O–H groups in total. The number of nitrogens with one attached hydrogen (secondary N) is 1. The summed E-state index contributed by atoms with van der Waals surface area (Å²) in [6, 6.07) is 5.99. The number of hydrogen-bond donors (Lipinski definition) is 1. The van der Waals surface area contributed by atoms with Crippen molar-refractivity contribution in [2.45, 2.75) is 51.7 Å². The molecule has 0 aromatic heterocycles. The van der Waals surface area contributed by atoms with Gasteiger partial charge in [0.2, 0.25) is 0 Å². The first-order valence-corrected chi connectivity index (χ1v) is 7.06. The van der Waals surface area contributed by atoms with Crippen molar-refractivity contribution in [2.24, 2.45) is 5.41 Å². The van der Waals surface area contributed by atoms with Crippen molar-refractivity contribution in [3.63, 3.8) is 0 Å². The van der Waals surface area contributed by atoms with Crippen molar-refractivity contribution >= 4 is 0 Å². The van der Waals surface area contributed by atoms with Gasteiger partial charge in [0, 0.05) is 5.54 Å². The average molecular weight is 285 g/mol. The Balaban J connectivity index is 2.51. The van der Waals surface area contributed by atoms with Gasteiger partial charge in [-0.05, 0) is 42.9 Å². The molecule has 0 amide bonds. The number of rotatable bonds is 2. The highest BCUT2D eigenvalue weighted by molar-refractivity contribution is 5.37. The fourth-order valence-corrected chi connectivity index (χ4v) is 3.34. The van der Waals surface area contributed by atoms with E-state index >= 15 is 0 Å². The molecule has 1 aliphatic heterocycles. The summed E-state index contributed by atoms with van der Waals surface area (Å²) in [7, 11) is 0. The maximum atomic E-state index is 13.3. The summed E-state index contributed by atoms with van der Waals surface area (Å²) in [4.78, 5) is 0. The minimum Gasteiger partial charge on any atom is -0.307 e. The van der Waals surface area contributed by atoms with Crippen LogP contribution in [-0.4, -0.2) is 6.54 Å². The molecule has 0 spiro atoms. The van der Waals surface area contributed by atoms with Crippen LogP contribution >= 0.6 is 0 Å². The fourth-order valence-electron chi connectivity index (χ4n) is 3.34. The second-order valence-electron chi connectivity index (χ2n) is 6.89. The molecule has 1 aliphatic rings. The monoisotopic (exact) mass is 285 g/mol. The molecule has 2 rings (SSSR count). The lowest BCUT2D eigenvalue weighted by molar-refractivity contribution is -0.139. The van der Waals surface area contributed by atoms with Crippen molar-refractivity contribution in [1.82, 2.24) is 5.32 Å². The summed E-state index contributed by atoms with van der Waals surface area (Å²) < 4.78 is 39.8. The first-order chi connectivity index (χ1) is 9.14. The van der Waals surface area contributed by atoms with Crippen LogP contribution in [0.4, 0.5) is 13.2 Å². The fraction of sp³-hybridized carbons (Fsp3) is 0.625. The van der Waals surface area contributed by atoms with Gasteiger partial charge in [0.05, 0.1) is 5.56 Å². The number of hydrogen-bond acceptors (Lipinski definition) is 1. The van der Waals surface area contributed by atoms with Crippen LogP contribution < -0.4 is 5.32 Å². The summed E-state index contributed by atoms with van der Waals surface area (Å²) in [5.74, 6) is 0. The smallest absolute Gasteiger partial charge is 0.307 e. The van der Waals surface area contributed by atoms with Crippen LogP contribution in [-0.2, 0) is 11.7 Å². The Bertz CT molecular complexity index is 465. The van der Waals surface area contributed by atoms with Crippen LogP contribution in [0.3, 0.4) is 0 Å². The maximum absolute atomic E-state index is 13.3. The van der Waals surface area contributed by atoms with Gasteiger partial charge in [-0.1, -0.05) is 39.0 Å². The van der Waals surface area contributed by atoms with E-state index in [9.17, 15) is 13.2 Å². The van der Waals surface area contributed by atoms with Crippen LogP contribution in [0.15, 0.2) is 24.3 Å². The largest absolute Gasteiger partial charge is 0.416 e. The summed E-state index contributed by atoms with van der Waals surface area (Å²) >= 11 is 0. The van der Waals surface area contributed by atoms with Crippen molar-refractivity contribution in [2.75, 3.05) is 6.54 Å². The van der Waals surface area contributed by atoms with Crippen LogP contribution in [0.5, 0.6) is 0 Å². The third-order valence-corrected chi connectivity index (χ3v) is 3.82. The van der Waals surface area contributed by atoms with Crippen LogP contribution in [0.2, 0.25) is 0 Å². The minimum absolute atomic E-state index is 0.0317. The van der Waals surface area contributed by atoms with Gasteiger partial charge in [0.15, 0.2) is 0 Å². The Labute approximate surface area is 118 Å². The Morgan fingerprint density at radius 1 is 1.15 bits per heavy atom. The number of benzene rings is 1. The zero-order valence-corrected chi connectivity index (χ0v) is 12.3. The van der Waals surface area contributed by atoms with Crippen LogP contribution in [0.25, 0.3) is 0 Å². The highest BCUT2D eigenvalue weighted by atomic mass is 19.4. The van der Waals surface area contributed by atoms with Crippen molar-refractivity contribution in [3.05, 3.63) is 35.4 Å². The molecular formula is C16H22F3N. The molecule has 1 atom stereocenters. The minimum atomic E-state index is -4.30. The molecule has 0 radical (unpaired) electrons. The normalized spacial score (nSPS) is 24.1. The Kier molecular flexibility index (Phi) is 3.89. The van der Waals surface area contributed by atoms with Crippen molar-refractivity contribution in [3.8, 4) is 0 Å². The molecule has 20 heavy (non-hydrogen) atoms. The predicted molar refractivity (Wildman–Crippen MR) is 74.4 cm³/mol. The SMILES string of the molecule is CC(C)(C)CC1(c2ccccc2C(F)(F)F)CCCN1. The summed E-state index contributed by atoms with van der Waals surface area (Å²) in [5, 5.41) is 3.36. The summed E-state index contributed by atoms with van der Waals surface area (Å²) in [5.41, 5.74) is -0.681. The van der Waals surface area contributed by atoms with Crippen LogP contribution in [0, 0.1) is 5.41 Å². The lowest BCUT2D eigenvalue weighted by atomic mass is 9.73. The average Bonchev–Trinajstić information content (AvgIpc) is 2.75. The van der Waals surface area contributed by atoms with Gasteiger partial charge >= 0.3 is 6.18 Å². The van der Waals surface area contributed by atoms with E-state index in [1.807, 2.05) is 0 Å². The van der Waals surface area contributed by atoms with E-state index in [0.29, 0.717) is 12.0 Å². The summed E-state index contributed by atoms with van der Waals surface area (Å²) in [6.07, 6.45) is -1.92. The molecule has 1 aromatic carbocycles. The maximum Gasteiger partial charge on any atom is 0.416 e. The summed E-state index contributed by atoms with van der Waals surface area (Å²) in [6.45, 7) is 7.00. The third kappa shape index (κ3) is 3.17. The van der Waals surface area contributed by atoms with Gasteiger partial charge in [0.25, 0.3) is 0 Å². The second kappa shape index (κ2) is 5.06. The van der Waals surface area contributed by atoms with Gasteiger partial charge in [-0.2, -0.15) is 13.2 Å². The molecule has 0 saturated carbocycles. The van der Waals surface area contributed by atoms with Gasteiger partial charge in [-0.15, -0.1) is 0 Å². The van der Waals surface area contributed by atoms with Gasteiger partial charge in [-0.3, -0.25) is 0 Å². The topological polar surface area (TPSA) is 12.0 Å². The third-order valence-electron chi connectivity index (χ3n) is 3.82. The van der Waals surface area contributed by atoms with Crippen molar-refractivity contribution < 1.29 is 13.2 Å². The lowest BCUT2D eigenvalue weighted by Crippen LogP contribution is -2.41. The molecule has 1 aromatic rings. The van der Waals surface area contributed by atoms with E-state index in [1.165, 1.54) is 12.1 Å². The van der Waals surface area contributed by atoms with Gasteiger partial charge in [-0.25, -0.2) is 0 Å².